The van der Waals surface area contributed by atoms with E-state index < -0.39 is 28.5 Å². The Morgan fingerprint density at radius 2 is 1.47 bits per heavy atom. The molecule has 7 nitrogen and oxygen atoms in total. The van der Waals surface area contributed by atoms with Crippen molar-refractivity contribution in [2.45, 2.75) is 64.6 Å². The first-order valence-corrected chi connectivity index (χ1v) is 14.3. The van der Waals surface area contributed by atoms with E-state index in [2.05, 4.69) is 5.32 Å². The molecule has 0 aliphatic heterocycles. The van der Waals surface area contributed by atoms with Gasteiger partial charge in [-0.2, -0.15) is 0 Å². The molecule has 202 valence electrons. The van der Waals surface area contributed by atoms with Gasteiger partial charge >= 0.3 is 0 Å². The average Bonchev–Trinajstić information content (AvgIpc) is 2.89. The van der Waals surface area contributed by atoms with Gasteiger partial charge in [0.25, 0.3) is 10.0 Å². The fourth-order valence-corrected chi connectivity index (χ4v) is 5.64. The highest BCUT2D eigenvalue weighted by Gasteiger charge is 2.33. The molecule has 38 heavy (non-hydrogen) atoms. The van der Waals surface area contributed by atoms with Crippen molar-refractivity contribution in [3.63, 3.8) is 0 Å². The zero-order chi connectivity index (χ0) is 27.9. The largest absolute Gasteiger partial charge is 0.352 e. The van der Waals surface area contributed by atoms with Crippen LogP contribution >= 0.6 is 0 Å². The van der Waals surface area contributed by atoms with Gasteiger partial charge in [-0.1, -0.05) is 61.5 Å². The summed E-state index contributed by atoms with van der Waals surface area (Å²) >= 11 is 0. The molecule has 3 rings (SSSR count). The normalized spacial score (nSPS) is 12.2. The van der Waals surface area contributed by atoms with Crippen molar-refractivity contribution in [1.82, 2.24) is 10.2 Å². The molecule has 3 aromatic carbocycles. The number of rotatable bonds is 11. The van der Waals surface area contributed by atoms with Crippen LogP contribution in [0.1, 0.15) is 43.9 Å². The van der Waals surface area contributed by atoms with Gasteiger partial charge in [-0.25, -0.2) is 8.42 Å². The molecule has 0 heterocycles. The average molecular weight is 536 g/mol. The molecule has 0 saturated heterocycles. The maximum Gasteiger partial charge on any atom is 0.264 e. The molecule has 1 atom stereocenters. The van der Waals surface area contributed by atoms with Crippen molar-refractivity contribution < 1.29 is 18.0 Å². The molecule has 1 unspecified atom stereocenters. The molecule has 0 aliphatic carbocycles. The predicted octanol–water partition coefficient (Wildman–Crippen LogP) is 4.83. The fraction of sp³-hybridized carbons (Fsp3) is 0.333. The van der Waals surface area contributed by atoms with Crippen LogP contribution in [0.15, 0.2) is 83.8 Å². The molecule has 2 amide bonds. The van der Waals surface area contributed by atoms with E-state index in [1.807, 2.05) is 71.0 Å². The zero-order valence-electron chi connectivity index (χ0n) is 22.7. The van der Waals surface area contributed by atoms with Crippen molar-refractivity contribution in [2.24, 2.45) is 0 Å². The molecule has 1 N–H and O–H groups in total. The summed E-state index contributed by atoms with van der Waals surface area (Å²) in [5.41, 5.74) is 3.16. The van der Waals surface area contributed by atoms with E-state index in [1.165, 1.54) is 17.0 Å². The van der Waals surface area contributed by atoms with Crippen molar-refractivity contribution >= 4 is 27.5 Å². The number of carbonyl (C=O) groups is 2. The standard InChI is InChI=1S/C30H37N3O4S/c1-6-28(30(35)31-22(2)3)32(20-25-13-9-7-10-14-25)29(34)21-33(26-18-17-23(4)24(5)19-26)38(36,37)27-15-11-8-12-16-27/h7-19,22,28H,6,20-21H2,1-5H3,(H,31,35). The molecule has 3 aromatic rings. The third-order valence-corrected chi connectivity index (χ3v) is 8.19. The Bertz CT molecular complexity index is 1340. The quantitative estimate of drug-likeness (QED) is 0.381. The first-order chi connectivity index (χ1) is 18.0. The van der Waals surface area contributed by atoms with Crippen LogP contribution in [0.3, 0.4) is 0 Å². The highest BCUT2D eigenvalue weighted by atomic mass is 32.2. The summed E-state index contributed by atoms with van der Waals surface area (Å²) in [6, 6.07) is 21.9. The lowest BCUT2D eigenvalue weighted by Gasteiger charge is -2.33. The number of aryl methyl sites for hydroxylation is 2. The molecule has 0 radical (unpaired) electrons. The topological polar surface area (TPSA) is 86.8 Å². The van der Waals surface area contributed by atoms with E-state index in [-0.39, 0.29) is 23.4 Å². The van der Waals surface area contributed by atoms with Crippen molar-refractivity contribution in [3.05, 3.63) is 95.6 Å². The SMILES string of the molecule is CCC(C(=O)NC(C)C)N(Cc1ccccc1)C(=O)CN(c1ccc(C)c(C)c1)S(=O)(=O)c1ccccc1. The Morgan fingerprint density at radius 3 is 2.03 bits per heavy atom. The van der Waals surface area contributed by atoms with Gasteiger partial charge in [0, 0.05) is 12.6 Å². The number of nitrogens with one attached hydrogen (secondary N) is 1. The van der Waals surface area contributed by atoms with Gasteiger partial charge in [0.05, 0.1) is 10.6 Å². The van der Waals surface area contributed by atoms with Crippen LogP contribution < -0.4 is 9.62 Å². The molecule has 0 spiro atoms. The number of nitrogens with zero attached hydrogens (tertiary/aromatic N) is 2. The van der Waals surface area contributed by atoms with E-state index in [0.29, 0.717) is 12.1 Å². The van der Waals surface area contributed by atoms with Gasteiger partial charge in [-0.05, 0) is 75.1 Å². The summed E-state index contributed by atoms with van der Waals surface area (Å²) in [5, 5.41) is 2.91. The Morgan fingerprint density at radius 1 is 0.868 bits per heavy atom. The van der Waals surface area contributed by atoms with Gasteiger partial charge in [0.1, 0.15) is 12.6 Å². The highest BCUT2D eigenvalue weighted by Crippen LogP contribution is 2.26. The third-order valence-electron chi connectivity index (χ3n) is 6.40. The maximum atomic E-state index is 14.0. The predicted molar refractivity (Wildman–Crippen MR) is 151 cm³/mol. The first kappa shape index (κ1) is 28.9. The number of benzene rings is 3. The molecule has 0 saturated carbocycles. The van der Waals surface area contributed by atoms with Gasteiger partial charge in [-0.15, -0.1) is 0 Å². The Kier molecular flexibility index (Phi) is 9.69. The number of carbonyl (C=O) groups excluding carboxylic acids is 2. The first-order valence-electron chi connectivity index (χ1n) is 12.8. The summed E-state index contributed by atoms with van der Waals surface area (Å²) in [6.45, 7) is 9.15. The fourth-order valence-electron chi connectivity index (χ4n) is 4.21. The van der Waals surface area contributed by atoms with Crippen LogP contribution in [0, 0.1) is 13.8 Å². The molecular formula is C30H37N3O4S. The van der Waals surface area contributed by atoms with Crippen molar-refractivity contribution in [2.75, 3.05) is 10.8 Å². The molecule has 8 heteroatoms. The van der Waals surface area contributed by atoms with Crippen molar-refractivity contribution in [3.8, 4) is 0 Å². The number of hydrogen-bond donors (Lipinski definition) is 1. The molecular weight excluding hydrogens is 498 g/mol. The Balaban J connectivity index is 2.06. The van der Waals surface area contributed by atoms with Gasteiger partial charge < -0.3 is 10.2 Å². The van der Waals surface area contributed by atoms with Crippen LogP contribution in [0.5, 0.6) is 0 Å². The van der Waals surface area contributed by atoms with E-state index >= 15 is 0 Å². The maximum absolute atomic E-state index is 14.0. The van der Waals surface area contributed by atoms with Crippen LogP contribution in [-0.2, 0) is 26.2 Å². The second-order valence-electron chi connectivity index (χ2n) is 9.69. The summed E-state index contributed by atoms with van der Waals surface area (Å²) < 4.78 is 28.8. The van der Waals surface area contributed by atoms with Gasteiger partial charge in [0.2, 0.25) is 11.8 Å². The van der Waals surface area contributed by atoms with Crippen LogP contribution in [0.25, 0.3) is 0 Å². The van der Waals surface area contributed by atoms with E-state index in [9.17, 15) is 18.0 Å². The smallest absolute Gasteiger partial charge is 0.264 e. The minimum atomic E-state index is -4.07. The van der Waals surface area contributed by atoms with E-state index in [1.54, 1.807) is 30.3 Å². The highest BCUT2D eigenvalue weighted by molar-refractivity contribution is 7.92. The Labute approximate surface area is 226 Å². The lowest BCUT2D eigenvalue weighted by molar-refractivity contribution is -0.140. The van der Waals surface area contributed by atoms with Crippen molar-refractivity contribution in [1.29, 1.82) is 0 Å². The lowest BCUT2D eigenvalue weighted by atomic mass is 10.1. The lowest BCUT2D eigenvalue weighted by Crippen LogP contribution is -2.53. The number of sulfonamides is 1. The van der Waals surface area contributed by atoms with Crippen LogP contribution in [-0.4, -0.2) is 43.8 Å². The number of anilines is 1. The summed E-state index contributed by atoms with van der Waals surface area (Å²) in [6.07, 6.45) is 0.381. The number of amides is 2. The van der Waals surface area contributed by atoms with Gasteiger partial charge in [-0.3, -0.25) is 13.9 Å². The minimum absolute atomic E-state index is 0.0882. The second kappa shape index (κ2) is 12.7. The van der Waals surface area contributed by atoms with Crippen LogP contribution in [0.2, 0.25) is 0 Å². The van der Waals surface area contributed by atoms with E-state index in [0.717, 1.165) is 21.0 Å². The Hall–Kier alpha value is -3.65. The molecule has 0 fully saturated rings. The minimum Gasteiger partial charge on any atom is -0.352 e. The zero-order valence-corrected chi connectivity index (χ0v) is 23.5. The summed E-state index contributed by atoms with van der Waals surface area (Å²) in [7, 11) is -4.07. The monoisotopic (exact) mass is 535 g/mol. The molecule has 0 aliphatic rings. The summed E-state index contributed by atoms with van der Waals surface area (Å²) in [4.78, 5) is 28.7. The van der Waals surface area contributed by atoms with Crippen LogP contribution in [0.4, 0.5) is 5.69 Å². The third kappa shape index (κ3) is 7.01. The summed E-state index contributed by atoms with van der Waals surface area (Å²) in [5.74, 6) is -0.729. The van der Waals surface area contributed by atoms with E-state index in [4.69, 9.17) is 0 Å². The molecule has 0 bridgehead atoms. The van der Waals surface area contributed by atoms with Gasteiger partial charge in [0.15, 0.2) is 0 Å². The molecule has 0 aromatic heterocycles. The second-order valence-corrected chi connectivity index (χ2v) is 11.6. The number of hydrogen-bond acceptors (Lipinski definition) is 4.